The van der Waals surface area contributed by atoms with Gasteiger partial charge in [0.05, 0.1) is 0 Å². The summed E-state index contributed by atoms with van der Waals surface area (Å²) in [7, 11) is 0. The van der Waals surface area contributed by atoms with Crippen LogP contribution < -0.4 is 5.32 Å². The molecule has 2 N–H and O–H groups in total. The molecule has 0 heterocycles. The summed E-state index contributed by atoms with van der Waals surface area (Å²) in [5.74, 6) is -1.26. The predicted molar refractivity (Wildman–Crippen MR) is 137 cm³/mol. The minimum atomic E-state index is -1.14. The fourth-order valence-electron chi connectivity index (χ4n) is 4.86. The Morgan fingerprint density at radius 1 is 0.861 bits per heavy atom. The highest BCUT2D eigenvalue weighted by molar-refractivity contribution is 5.98. The average Bonchev–Trinajstić information content (AvgIpc) is 3.20. The summed E-state index contributed by atoms with van der Waals surface area (Å²) in [6, 6.07) is 25.8. The van der Waals surface area contributed by atoms with Crippen LogP contribution in [0.5, 0.6) is 0 Å². The lowest BCUT2D eigenvalue weighted by molar-refractivity contribution is -0.139. The van der Waals surface area contributed by atoms with Crippen LogP contribution in [0.3, 0.4) is 0 Å². The maximum absolute atomic E-state index is 12.6. The Hall–Kier alpha value is -4.45. The number of hydrogen-bond acceptors (Lipinski definition) is 4. The fraction of sp³-hybridized carbons (Fsp3) is 0.167. The van der Waals surface area contributed by atoms with E-state index in [4.69, 9.17) is 4.74 Å². The Morgan fingerprint density at radius 2 is 1.47 bits per heavy atom. The zero-order chi connectivity index (χ0) is 25.2. The van der Waals surface area contributed by atoms with Gasteiger partial charge in [-0.15, -0.1) is 0 Å². The molecule has 5 rings (SSSR count). The molecule has 1 amide bonds. The lowest BCUT2D eigenvalue weighted by Crippen LogP contribution is -2.42. The van der Waals surface area contributed by atoms with E-state index < -0.39 is 18.1 Å². The topological polar surface area (TPSA) is 92.7 Å². The third-order valence-electron chi connectivity index (χ3n) is 6.68. The number of carboxylic acids is 1. The molecule has 0 unspecified atom stereocenters. The summed E-state index contributed by atoms with van der Waals surface area (Å²) >= 11 is 0. The highest BCUT2D eigenvalue weighted by atomic mass is 16.5. The number of Topliss-reactive ketones (excluding diaryl/α,β-unsaturated/α-hetero) is 1. The average molecular weight is 480 g/mol. The first-order valence-electron chi connectivity index (χ1n) is 11.8. The molecule has 0 fully saturated rings. The minimum absolute atomic E-state index is 0.0146. The molecule has 0 aromatic heterocycles. The summed E-state index contributed by atoms with van der Waals surface area (Å²) in [5.41, 5.74) is 5.80. The van der Waals surface area contributed by atoms with Crippen molar-refractivity contribution in [2.24, 2.45) is 0 Å². The molecule has 4 aromatic carbocycles. The summed E-state index contributed by atoms with van der Waals surface area (Å²) in [6.45, 7) is 1.63. The van der Waals surface area contributed by atoms with E-state index in [9.17, 15) is 19.5 Å². The summed E-state index contributed by atoms with van der Waals surface area (Å²) in [4.78, 5) is 36.1. The van der Waals surface area contributed by atoms with Crippen LogP contribution in [0.2, 0.25) is 0 Å². The van der Waals surface area contributed by atoms with Gasteiger partial charge in [-0.25, -0.2) is 9.59 Å². The number of rotatable bonds is 7. The Morgan fingerprint density at radius 3 is 2.11 bits per heavy atom. The van der Waals surface area contributed by atoms with Crippen LogP contribution in [0, 0.1) is 0 Å². The number of amides is 1. The summed E-state index contributed by atoms with van der Waals surface area (Å²) in [5, 5.41) is 14.0. The number of ether oxygens (including phenoxy) is 1. The van der Waals surface area contributed by atoms with Crippen molar-refractivity contribution in [1.29, 1.82) is 0 Å². The van der Waals surface area contributed by atoms with Crippen molar-refractivity contribution in [3.8, 4) is 11.1 Å². The number of benzene rings is 4. The van der Waals surface area contributed by atoms with Crippen LogP contribution in [-0.2, 0) is 16.0 Å². The van der Waals surface area contributed by atoms with Crippen LogP contribution >= 0.6 is 0 Å². The van der Waals surface area contributed by atoms with Crippen molar-refractivity contribution in [3.05, 3.63) is 107 Å². The first kappa shape index (κ1) is 23.3. The predicted octanol–water partition coefficient (Wildman–Crippen LogP) is 5.58. The van der Waals surface area contributed by atoms with Crippen molar-refractivity contribution in [2.75, 3.05) is 6.61 Å². The maximum Gasteiger partial charge on any atom is 0.407 e. The van der Waals surface area contributed by atoms with Gasteiger partial charge in [0, 0.05) is 17.9 Å². The highest BCUT2D eigenvalue weighted by Crippen LogP contribution is 2.44. The van der Waals surface area contributed by atoms with Crippen LogP contribution in [0.4, 0.5) is 4.79 Å². The lowest BCUT2D eigenvalue weighted by Gasteiger charge is -2.18. The van der Waals surface area contributed by atoms with Gasteiger partial charge in [0.1, 0.15) is 12.6 Å². The second-order valence-electron chi connectivity index (χ2n) is 9.02. The quantitative estimate of drug-likeness (QED) is 0.338. The molecule has 0 saturated heterocycles. The molecule has 1 atom stereocenters. The third kappa shape index (κ3) is 4.58. The zero-order valence-electron chi connectivity index (χ0n) is 19.7. The van der Waals surface area contributed by atoms with E-state index in [-0.39, 0.29) is 24.7 Å². The van der Waals surface area contributed by atoms with E-state index in [2.05, 4.69) is 17.4 Å². The van der Waals surface area contributed by atoms with E-state index >= 15 is 0 Å². The van der Waals surface area contributed by atoms with E-state index in [1.54, 1.807) is 6.07 Å². The molecule has 4 aromatic rings. The van der Waals surface area contributed by atoms with Gasteiger partial charge in [0.2, 0.25) is 0 Å². The van der Waals surface area contributed by atoms with E-state index in [1.807, 2.05) is 66.7 Å². The van der Waals surface area contributed by atoms with Gasteiger partial charge < -0.3 is 15.2 Å². The van der Waals surface area contributed by atoms with Crippen molar-refractivity contribution in [2.45, 2.75) is 25.3 Å². The van der Waals surface area contributed by atoms with Crippen molar-refractivity contribution in [1.82, 2.24) is 5.32 Å². The van der Waals surface area contributed by atoms with Crippen LogP contribution in [0.25, 0.3) is 21.9 Å². The van der Waals surface area contributed by atoms with Gasteiger partial charge in [0.25, 0.3) is 0 Å². The second-order valence-corrected chi connectivity index (χ2v) is 9.02. The molecule has 0 spiro atoms. The molecule has 1 aliphatic rings. The Bertz CT molecular complexity index is 1450. The molecule has 6 heteroatoms. The van der Waals surface area contributed by atoms with E-state index in [0.29, 0.717) is 5.56 Å². The molecule has 0 aliphatic heterocycles. The van der Waals surface area contributed by atoms with Crippen LogP contribution in [0.1, 0.15) is 39.9 Å². The van der Waals surface area contributed by atoms with Crippen molar-refractivity contribution < 1.29 is 24.2 Å². The lowest BCUT2D eigenvalue weighted by atomic mass is 9.98. The number of aliphatic carboxylic acids is 1. The van der Waals surface area contributed by atoms with Gasteiger partial charge in [-0.1, -0.05) is 78.9 Å². The number of carboxylic acid groups (broad SMARTS) is 1. The molecule has 180 valence electrons. The molecule has 0 bridgehead atoms. The summed E-state index contributed by atoms with van der Waals surface area (Å²) < 4.78 is 5.52. The Labute approximate surface area is 208 Å². The summed E-state index contributed by atoms with van der Waals surface area (Å²) in [6.07, 6.45) is -0.666. The standard InChI is InChI=1S/C30H25NO5/c1-18(32)20-12-13-21-14-19(10-11-22(21)16-20)15-28(29(33)34)31-30(35)36-17-27-25-8-4-2-6-23(25)24-7-3-5-9-26(24)27/h2-14,16,27-28H,15,17H2,1H3,(H,31,35)(H,33,34)/t28-/m0/s1. The smallest absolute Gasteiger partial charge is 0.407 e. The Kier molecular flexibility index (Phi) is 6.25. The number of hydrogen-bond donors (Lipinski definition) is 2. The normalized spacial score (nSPS) is 13.0. The Balaban J connectivity index is 1.26. The number of nitrogens with one attached hydrogen (secondary N) is 1. The second kappa shape index (κ2) is 9.66. The van der Waals surface area contributed by atoms with Crippen molar-refractivity contribution >= 4 is 28.6 Å². The van der Waals surface area contributed by atoms with E-state index in [0.717, 1.165) is 38.6 Å². The monoisotopic (exact) mass is 479 g/mol. The first-order chi connectivity index (χ1) is 17.4. The molecule has 0 saturated carbocycles. The molecule has 1 aliphatic carbocycles. The SMILES string of the molecule is CC(=O)c1ccc2cc(C[C@H](NC(=O)OCC3c4ccccc4-c4ccccc43)C(=O)O)ccc2c1. The number of carbonyl (C=O) groups excluding carboxylic acids is 2. The van der Waals surface area contributed by atoms with E-state index in [1.165, 1.54) is 6.92 Å². The zero-order valence-corrected chi connectivity index (χ0v) is 19.7. The molecule has 0 radical (unpaired) electrons. The van der Waals surface area contributed by atoms with Gasteiger partial charge in [-0.05, 0) is 51.6 Å². The largest absolute Gasteiger partial charge is 0.480 e. The minimum Gasteiger partial charge on any atom is -0.480 e. The molecule has 36 heavy (non-hydrogen) atoms. The van der Waals surface area contributed by atoms with Gasteiger partial charge >= 0.3 is 12.1 Å². The van der Waals surface area contributed by atoms with Gasteiger partial charge in [0.15, 0.2) is 5.78 Å². The van der Waals surface area contributed by atoms with Gasteiger partial charge in [-0.2, -0.15) is 0 Å². The maximum atomic E-state index is 12.6. The molecule has 6 nitrogen and oxygen atoms in total. The van der Waals surface area contributed by atoms with Crippen molar-refractivity contribution in [3.63, 3.8) is 0 Å². The third-order valence-corrected chi connectivity index (χ3v) is 6.68. The number of fused-ring (bicyclic) bond motifs is 4. The molecular weight excluding hydrogens is 454 g/mol. The number of alkyl carbamates (subject to hydrolysis) is 1. The molecular formula is C30H25NO5. The fourth-order valence-corrected chi connectivity index (χ4v) is 4.86. The van der Waals surface area contributed by atoms with Gasteiger partial charge in [-0.3, -0.25) is 4.79 Å². The first-order valence-corrected chi connectivity index (χ1v) is 11.8. The van der Waals surface area contributed by atoms with Crippen LogP contribution in [-0.4, -0.2) is 35.6 Å². The number of ketones is 1. The highest BCUT2D eigenvalue weighted by Gasteiger charge is 2.29. The van der Waals surface area contributed by atoms with Crippen LogP contribution in [0.15, 0.2) is 84.9 Å². The number of carbonyl (C=O) groups is 3.